The third-order valence-electron chi connectivity index (χ3n) is 14.2. The van der Waals surface area contributed by atoms with Gasteiger partial charge in [0.2, 0.25) is 0 Å². The number of carboxylic acid groups (broad SMARTS) is 3. The summed E-state index contributed by atoms with van der Waals surface area (Å²) in [5, 5.41) is 32.1. The van der Waals surface area contributed by atoms with Crippen molar-refractivity contribution in [2.75, 3.05) is 6.61 Å². The maximum absolute atomic E-state index is 13.6. The molecule has 3 N–H and O–H groups in total. The maximum atomic E-state index is 13.6. The van der Waals surface area contributed by atoms with Gasteiger partial charge in [0.25, 0.3) is 0 Å². The van der Waals surface area contributed by atoms with Crippen molar-refractivity contribution in [2.45, 2.75) is 315 Å². The molecular formula is C60H110O7. The Bertz CT molecular complexity index is 1160. The molecule has 7 nitrogen and oxygen atoms in total. The molecule has 0 spiro atoms. The number of hydrogen-bond acceptors (Lipinski definition) is 4. The molecule has 0 bridgehead atoms. The van der Waals surface area contributed by atoms with Gasteiger partial charge in [-0.05, 0) is 96.3 Å². The number of aliphatic carboxylic acids is 3. The van der Waals surface area contributed by atoms with Crippen molar-refractivity contribution < 1.29 is 34.4 Å². The number of carbonyl (C=O) groups is 3. The van der Waals surface area contributed by atoms with E-state index in [0.717, 1.165) is 128 Å². The fourth-order valence-electron chi connectivity index (χ4n) is 9.77. The molecule has 0 saturated heterocycles. The zero-order valence-electron chi connectivity index (χ0n) is 44.5. The van der Waals surface area contributed by atoms with Crippen LogP contribution < -0.4 is 0 Å². The number of ether oxygens (including phenoxy) is 1. The minimum absolute atomic E-state index is 0.0383. The van der Waals surface area contributed by atoms with E-state index in [1.165, 1.54) is 122 Å². The second-order valence-electron chi connectivity index (χ2n) is 20.3. The first-order valence-corrected chi connectivity index (χ1v) is 29.0. The van der Waals surface area contributed by atoms with E-state index in [9.17, 15) is 29.7 Å². The second kappa shape index (κ2) is 48.6. The van der Waals surface area contributed by atoms with Gasteiger partial charge in [0.05, 0.1) is 6.42 Å². The zero-order chi connectivity index (χ0) is 49.2. The molecule has 0 aromatic carbocycles. The lowest BCUT2D eigenvalue weighted by Crippen LogP contribution is -2.61. The molecule has 0 saturated carbocycles. The van der Waals surface area contributed by atoms with Crippen LogP contribution in [0.15, 0.2) is 36.5 Å². The van der Waals surface area contributed by atoms with Crippen LogP contribution in [0.3, 0.4) is 0 Å². The van der Waals surface area contributed by atoms with Crippen molar-refractivity contribution in [2.24, 2.45) is 5.41 Å². The first-order chi connectivity index (χ1) is 32.7. The number of carboxylic acids is 3. The molecule has 67 heavy (non-hydrogen) atoms. The SMILES string of the molecule is CCCCCCCCC=CCCCCCCCCOC(CC(=O)O)(C(=O)O)C(CCCCCCCCC=CCCCCCCCC)(CCCCCCCCC=CCCCCCCCC)C(=O)O. The highest BCUT2D eigenvalue weighted by Gasteiger charge is 2.63. The fourth-order valence-corrected chi connectivity index (χ4v) is 9.77. The van der Waals surface area contributed by atoms with Gasteiger partial charge >= 0.3 is 17.9 Å². The Morgan fingerprint density at radius 3 is 0.851 bits per heavy atom. The van der Waals surface area contributed by atoms with Crippen LogP contribution in [-0.2, 0) is 19.1 Å². The number of unbranched alkanes of at least 4 members (excludes halogenated alkanes) is 36. The van der Waals surface area contributed by atoms with Crippen molar-refractivity contribution in [1.29, 1.82) is 0 Å². The molecule has 0 radical (unpaired) electrons. The largest absolute Gasteiger partial charge is 0.481 e. The molecule has 0 fully saturated rings. The number of allylic oxidation sites excluding steroid dienone is 6. The Balaban J connectivity index is 5.28. The van der Waals surface area contributed by atoms with Crippen molar-refractivity contribution in [3.8, 4) is 0 Å². The van der Waals surface area contributed by atoms with Gasteiger partial charge < -0.3 is 20.1 Å². The summed E-state index contributed by atoms with van der Waals surface area (Å²) in [5.74, 6) is -4.04. The van der Waals surface area contributed by atoms with E-state index in [-0.39, 0.29) is 19.4 Å². The number of rotatable bonds is 54. The summed E-state index contributed by atoms with van der Waals surface area (Å²) in [6.45, 7) is 6.80. The van der Waals surface area contributed by atoms with Crippen LogP contribution in [0.2, 0.25) is 0 Å². The van der Waals surface area contributed by atoms with Gasteiger partial charge in [0, 0.05) is 6.61 Å². The van der Waals surface area contributed by atoms with Gasteiger partial charge in [-0.2, -0.15) is 0 Å². The maximum Gasteiger partial charge on any atom is 0.337 e. The van der Waals surface area contributed by atoms with Crippen LogP contribution in [0.25, 0.3) is 0 Å². The summed E-state index contributed by atoms with van der Waals surface area (Å²) >= 11 is 0. The van der Waals surface area contributed by atoms with Crippen LogP contribution in [0.5, 0.6) is 0 Å². The highest BCUT2D eigenvalue weighted by molar-refractivity contribution is 5.92. The third-order valence-corrected chi connectivity index (χ3v) is 14.2. The molecule has 1 atom stereocenters. The summed E-state index contributed by atoms with van der Waals surface area (Å²) in [6, 6.07) is 0. The summed E-state index contributed by atoms with van der Waals surface area (Å²) < 4.78 is 6.22. The van der Waals surface area contributed by atoms with Gasteiger partial charge in [0.1, 0.15) is 5.41 Å². The van der Waals surface area contributed by atoms with Gasteiger partial charge in [-0.15, -0.1) is 0 Å². The van der Waals surface area contributed by atoms with Gasteiger partial charge in [-0.1, -0.05) is 243 Å². The Kier molecular flexibility index (Phi) is 46.9. The van der Waals surface area contributed by atoms with E-state index in [0.29, 0.717) is 19.3 Å². The molecule has 7 heteroatoms. The third kappa shape index (κ3) is 36.2. The van der Waals surface area contributed by atoms with E-state index < -0.39 is 35.3 Å². The smallest absolute Gasteiger partial charge is 0.337 e. The van der Waals surface area contributed by atoms with Crippen LogP contribution >= 0.6 is 0 Å². The standard InChI is InChI=1S/C60H110O7/c1-4-7-10-13-16-19-22-25-28-31-34-37-40-43-46-49-52-59(57(63)64,53-50-47-44-41-38-35-32-29-26-23-20-17-14-11-8-5-2)60(58(65)66,55-56(61)62)67-54-51-48-45-42-39-36-33-30-27-24-21-18-15-12-9-6-3/h25-30H,4-24,31-55H2,1-3H3,(H,61,62)(H,63,64)(H,65,66). The van der Waals surface area contributed by atoms with E-state index in [4.69, 9.17) is 4.74 Å². The van der Waals surface area contributed by atoms with Crippen molar-refractivity contribution in [1.82, 2.24) is 0 Å². The van der Waals surface area contributed by atoms with Crippen molar-refractivity contribution >= 4 is 17.9 Å². The quantitative estimate of drug-likeness (QED) is 0.0410. The first kappa shape index (κ1) is 64.6. The van der Waals surface area contributed by atoms with Crippen LogP contribution in [0, 0.1) is 5.41 Å². The van der Waals surface area contributed by atoms with E-state index in [2.05, 4.69) is 57.2 Å². The average molecular weight is 944 g/mol. The Labute approximate surface area is 414 Å². The minimum atomic E-state index is -2.34. The van der Waals surface area contributed by atoms with Crippen LogP contribution in [0.4, 0.5) is 0 Å². The predicted octanol–water partition coefficient (Wildman–Crippen LogP) is 19.3. The van der Waals surface area contributed by atoms with E-state index >= 15 is 0 Å². The molecule has 0 aliphatic carbocycles. The lowest BCUT2D eigenvalue weighted by atomic mass is 9.63. The first-order valence-electron chi connectivity index (χ1n) is 29.0. The Morgan fingerprint density at radius 2 is 0.597 bits per heavy atom. The van der Waals surface area contributed by atoms with E-state index in [1.807, 2.05) is 0 Å². The number of hydrogen-bond donors (Lipinski definition) is 3. The van der Waals surface area contributed by atoms with Crippen molar-refractivity contribution in [3.63, 3.8) is 0 Å². The van der Waals surface area contributed by atoms with Gasteiger partial charge in [-0.3, -0.25) is 9.59 Å². The molecule has 392 valence electrons. The highest BCUT2D eigenvalue weighted by Crippen LogP contribution is 2.47. The average Bonchev–Trinajstić information content (AvgIpc) is 3.30. The summed E-state index contributed by atoms with van der Waals surface area (Å²) in [4.78, 5) is 39.4. The lowest BCUT2D eigenvalue weighted by molar-refractivity contribution is -0.208. The fraction of sp³-hybridized carbons (Fsp3) is 0.850. The molecule has 0 aliphatic heterocycles. The van der Waals surface area contributed by atoms with Gasteiger partial charge in [0.15, 0.2) is 5.60 Å². The Morgan fingerprint density at radius 1 is 0.343 bits per heavy atom. The highest BCUT2D eigenvalue weighted by atomic mass is 16.5. The molecule has 0 aromatic heterocycles. The van der Waals surface area contributed by atoms with Crippen LogP contribution in [-0.4, -0.2) is 45.4 Å². The van der Waals surface area contributed by atoms with Crippen molar-refractivity contribution in [3.05, 3.63) is 36.5 Å². The van der Waals surface area contributed by atoms with E-state index in [1.54, 1.807) is 0 Å². The molecule has 0 heterocycles. The molecular weight excluding hydrogens is 833 g/mol. The monoisotopic (exact) mass is 943 g/mol. The molecule has 0 rings (SSSR count). The zero-order valence-corrected chi connectivity index (χ0v) is 44.5. The second-order valence-corrected chi connectivity index (χ2v) is 20.3. The molecule has 1 unspecified atom stereocenters. The normalized spacial score (nSPS) is 13.8. The molecule has 0 aromatic rings. The lowest BCUT2D eigenvalue weighted by Gasteiger charge is -2.44. The summed E-state index contributed by atoms with van der Waals surface area (Å²) in [7, 11) is 0. The minimum Gasteiger partial charge on any atom is -0.481 e. The predicted molar refractivity (Wildman–Crippen MR) is 286 cm³/mol. The summed E-state index contributed by atoms with van der Waals surface area (Å²) in [5.41, 5.74) is -4.17. The Hall–Kier alpha value is -2.41. The van der Waals surface area contributed by atoms with Gasteiger partial charge in [-0.25, -0.2) is 4.79 Å². The van der Waals surface area contributed by atoms with Crippen LogP contribution in [0.1, 0.15) is 310 Å². The summed E-state index contributed by atoms with van der Waals surface area (Å²) in [6.07, 6.45) is 60.7. The topological polar surface area (TPSA) is 121 Å². The molecule has 0 aliphatic rings. The molecule has 0 amide bonds.